The number of amides is 2. The Morgan fingerprint density at radius 3 is 2.48 bits per heavy atom. The van der Waals surface area contributed by atoms with Crippen molar-refractivity contribution in [1.29, 1.82) is 0 Å². The van der Waals surface area contributed by atoms with Gasteiger partial charge in [-0.05, 0) is 23.1 Å². The van der Waals surface area contributed by atoms with Gasteiger partial charge in [0.05, 0.1) is 0 Å². The second kappa shape index (κ2) is 5.71. The molecule has 0 aromatic carbocycles. The number of hydrogen-bond donors (Lipinski definition) is 1. The molecule has 1 aliphatic heterocycles. The van der Waals surface area contributed by atoms with Crippen molar-refractivity contribution in [3.8, 4) is 0 Å². The molecule has 0 radical (unpaired) electrons. The van der Waals surface area contributed by atoms with Crippen LogP contribution in [0.5, 0.6) is 0 Å². The van der Waals surface area contributed by atoms with E-state index in [-0.39, 0.29) is 6.03 Å². The number of carboxylic acids is 1. The van der Waals surface area contributed by atoms with E-state index >= 15 is 0 Å². The van der Waals surface area contributed by atoms with Gasteiger partial charge in [-0.2, -0.15) is 0 Å². The molecule has 0 unspecified atom stereocenters. The molecule has 0 spiro atoms. The first-order valence-corrected chi connectivity index (χ1v) is 6.98. The van der Waals surface area contributed by atoms with Crippen LogP contribution in [0.15, 0.2) is 24.5 Å². The number of pyridine rings is 1. The maximum absolute atomic E-state index is 12.5. The van der Waals surface area contributed by atoms with Gasteiger partial charge >= 0.3 is 12.0 Å². The van der Waals surface area contributed by atoms with Gasteiger partial charge in [0, 0.05) is 32.0 Å². The van der Waals surface area contributed by atoms with E-state index in [4.69, 9.17) is 0 Å². The normalized spacial score (nSPS) is 17.2. The van der Waals surface area contributed by atoms with E-state index in [9.17, 15) is 14.7 Å². The van der Waals surface area contributed by atoms with Crippen molar-refractivity contribution >= 4 is 12.0 Å². The SMILES string of the molecule is CC(C)(C)[C@@H](C(=O)O)N1CCN(Cc2ccncc2)C1=O. The minimum Gasteiger partial charge on any atom is -0.480 e. The predicted molar refractivity (Wildman–Crippen MR) is 77.6 cm³/mol. The third-order valence-corrected chi connectivity index (χ3v) is 3.62. The Bertz CT molecular complexity index is 525. The summed E-state index contributed by atoms with van der Waals surface area (Å²) in [5.41, 5.74) is 0.483. The van der Waals surface area contributed by atoms with Gasteiger partial charge in [-0.1, -0.05) is 20.8 Å². The summed E-state index contributed by atoms with van der Waals surface area (Å²) in [4.78, 5) is 31.1. The summed E-state index contributed by atoms with van der Waals surface area (Å²) in [7, 11) is 0. The molecule has 0 bridgehead atoms. The van der Waals surface area contributed by atoms with E-state index in [2.05, 4.69) is 4.98 Å². The summed E-state index contributed by atoms with van der Waals surface area (Å²) in [6.45, 7) is 6.98. The van der Waals surface area contributed by atoms with Crippen LogP contribution in [0, 0.1) is 5.41 Å². The predicted octanol–water partition coefficient (Wildman–Crippen LogP) is 1.82. The van der Waals surface area contributed by atoms with Crippen LogP contribution < -0.4 is 0 Å². The highest BCUT2D eigenvalue weighted by atomic mass is 16.4. The Morgan fingerprint density at radius 1 is 1.33 bits per heavy atom. The lowest BCUT2D eigenvalue weighted by molar-refractivity contribution is -0.145. The van der Waals surface area contributed by atoms with Gasteiger partial charge in [0.25, 0.3) is 0 Å². The van der Waals surface area contributed by atoms with Crippen molar-refractivity contribution in [2.24, 2.45) is 5.41 Å². The average molecular weight is 291 g/mol. The average Bonchev–Trinajstić information content (AvgIpc) is 2.71. The number of carbonyl (C=O) groups is 2. The molecular weight excluding hydrogens is 270 g/mol. The van der Waals surface area contributed by atoms with Crippen LogP contribution in [0.4, 0.5) is 4.79 Å². The van der Waals surface area contributed by atoms with Crippen molar-refractivity contribution in [2.45, 2.75) is 33.4 Å². The van der Waals surface area contributed by atoms with Crippen LogP contribution in [0.2, 0.25) is 0 Å². The summed E-state index contributed by atoms with van der Waals surface area (Å²) in [6, 6.07) is 2.68. The van der Waals surface area contributed by atoms with E-state index in [1.54, 1.807) is 17.3 Å². The first-order valence-electron chi connectivity index (χ1n) is 6.98. The van der Waals surface area contributed by atoms with Crippen molar-refractivity contribution in [3.05, 3.63) is 30.1 Å². The Hall–Kier alpha value is -2.11. The molecule has 0 saturated carbocycles. The van der Waals surface area contributed by atoms with E-state index < -0.39 is 17.4 Å². The molecule has 2 rings (SSSR count). The minimum absolute atomic E-state index is 0.214. The molecule has 1 aromatic rings. The zero-order valence-electron chi connectivity index (χ0n) is 12.6. The summed E-state index contributed by atoms with van der Waals surface area (Å²) in [5, 5.41) is 9.44. The number of urea groups is 1. The molecule has 6 heteroatoms. The fourth-order valence-corrected chi connectivity index (χ4v) is 2.67. The first kappa shape index (κ1) is 15.3. The van der Waals surface area contributed by atoms with E-state index in [0.29, 0.717) is 19.6 Å². The number of rotatable bonds is 4. The summed E-state index contributed by atoms with van der Waals surface area (Å²) in [5.74, 6) is -0.957. The Morgan fingerprint density at radius 2 is 1.95 bits per heavy atom. The van der Waals surface area contributed by atoms with E-state index in [1.807, 2.05) is 32.9 Å². The molecule has 1 aliphatic rings. The number of nitrogens with zero attached hydrogens (tertiary/aromatic N) is 3. The van der Waals surface area contributed by atoms with E-state index in [0.717, 1.165) is 5.56 Å². The zero-order valence-corrected chi connectivity index (χ0v) is 12.6. The van der Waals surface area contributed by atoms with Gasteiger partial charge in [-0.3, -0.25) is 4.98 Å². The molecule has 1 fully saturated rings. The van der Waals surface area contributed by atoms with Gasteiger partial charge in [0.1, 0.15) is 6.04 Å². The first-order chi connectivity index (χ1) is 9.80. The topological polar surface area (TPSA) is 73.7 Å². The highest BCUT2D eigenvalue weighted by Crippen LogP contribution is 2.28. The monoisotopic (exact) mass is 291 g/mol. The smallest absolute Gasteiger partial charge is 0.327 e. The van der Waals surface area contributed by atoms with Gasteiger partial charge in [0.2, 0.25) is 0 Å². The highest BCUT2D eigenvalue weighted by molar-refractivity contribution is 5.84. The third kappa shape index (κ3) is 3.32. The van der Waals surface area contributed by atoms with Crippen LogP contribution in [0.1, 0.15) is 26.3 Å². The van der Waals surface area contributed by atoms with Crippen LogP contribution >= 0.6 is 0 Å². The number of carboxylic acid groups (broad SMARTS) is 1. The minimum atomic E-state index is -0.957. The summed E-state index contributed by atoms with van der Waals surface area (Å²) >= 11 is 0. The molecule has 2 amide bonds. The molecule has 1 saturated heterocycles. The van der Waals surface area contributed by atoms with Gasteiger partial charge in [0.15, 0.2) is 0 Å². The number of carbonyl (C=O) groups excluding carboxylic acids is 1. The quantitative estimate of drug-likeness (QED) is 0.918. The van der Waals surface area contributed by atoms with Crippen LogP contribution in [0.3, 0.4) is 0 Å². The molecule has 1 N–H and O–H groups in total. The maximum Gasteiger partial charge on any atom is 0.327 e. The van der Waals surface area contributed by atoms with Crippen molar-refractivity contribution in [1.82, 2.24) is 14.8 Å². The largest absolute Gasteiger partial charge is 0.480 e. The summed E-state index contributed by atoms with van der Waals surface area (Å²) in [6.07, 6.45) is 3.37. The highest BCUT2D eigenvalue weighted by Gasteiger charge is 2.43. The molecule has 1 atom stereocenters. The second-order valence-electron chi connectivity index (χ2n) is 6.36. The third-order valence-electron chi connectivity index (χ3n) is 3.62. The van der Waals surface area contributed by atoms with Crippen molar-refractivity contribution in [2.75, 3.05) is 13.1 Å². The number of hydrogen-bond acceptors (Lipinski definition) is 3. The van der Waals surface area contributed by atoms with Gasteiger partial charge in [-0.25, -0.2) is 9.59 Å². The number of aliphatic carboxylic acids is 1. The zero-order chi connectivity index (χ0) is 15.6. The van der Waals surface area contributed by atoms with Gasteiger partial charge < -0.3 is 14.9 Å². The molecule has 114 valence electrons. The maximum atomic E-state index is 12.5. The second-order valence-corrected chi connectivity index (χ2v) is 6.36. The number of aromatic nitrogens is 1. The van der Waals surface area contributed by atoms with Crippen molar-refractivity contribution < 1.29 is 14.7 Å². The molecule has 21 heavy (non-hydrogen) atoms. The molecular formula is C15H21N3O3. The Kier molecular flexibility index (Phi) is 4.16. The molecule has 1 aromatic heterocycles. The molecule has 2 heterocycles. The summed E-state index contributed by atoms with van der Waals surface area (Å²) < 4.78 is 0. The molecule has 6 nitrogen and oxygen atoms in total. The van der Waals surface area contributed by atoms with Crippen LogP contribution in [0.25, 0.3) is 0 Å². The Balaban J connectivity index is 2.12. The Labute approximate surface area is 124 Å². The lowest BCUT2D eigenvalue weighted by Crippen LogP contribution is -2.50. The lowest BCUT2D eigenvalue weighted by atomic mass is 9.86. The fourth-order valence-electron chi connectivity index (χ4n) is 2.67. The van der Waals surface area contributed by atoms with Crippen molar-refractivity contribution in [3.63, 3.8) is 0 Å². The lowest BCUT2D eigenvalue weighted by Gasteiger charge is -2.34. The van der Waals surface area contributed by atoms with Crippen LogP contribution in [-0.2, 0) is 11.3 Å². The van der Waals surface area contributed by atoms with E-state index in [1.165, 1.54) is 4.90 Å². The van der Waals surface area contributed by atoms with Gasteiger partial charge in [-0.15, -0.1) is 0 Å². The fraction of sp³-hybridized carbons (Fsp3) is 0.533. The molecule has 0 aliphatic carbocycles. The van der Waals surface area contributed by atoms with Crippen LogP contribution in [-0.4, -0.2) is 51.0 Å². The standard InChI is InChI=1S/C15H21N3O3/c1-15(2,3)12(13(19)20)18-9-8-17(14(18)21)10-11-4-6-16-7-5-11/h4-7,12H,8-10H2,1-3H3,(H,19,20)/t12-/m1/s1.